The Morgan fingerprint density at radius 2 is 1.92 bits per heavy atom. The molecule has 1 aromatic rings. The van der Waals surface area contributed by atoms with Crippen molar-refractivity contribution in [1.82, 2.24) is 0 Å². The van der Waals surface area contributed by atoms with Gasteiger partial charge in [-0.2, -0.15) is 5.26 Å². The largest absolute Gasteiger partial charge is 0.192 e. The second-order valence-corrected chi connectivity index (χ2v) is 5.11. The van der Waals surface area contributed by atoms with E-state index in [4.69, 9.17) is 5.26 Å². The molecular weight excluding hydrogens is 273 g/mol. The number of benzene rings is 1. The zero-order chi connectivity index (χ0) is 10.1. The molecule has 2 heteroatoms. The summed E-state index contributed by atoms with van der Waals surface area (Å²) in [5.74, 6) is 0. The van der Waals surface area contributed by atoms with Gasteiger partial charge < -0.3 is 0 Å². The van der Waals surface area contributed by atoms with Crippen molar-refractivity contribution in [2.75, 3.05) is 0 Å². The maximum Gasteiger partial charge on any atom is 0.100 e. The Hall–Kier alpha value is -0.560. The first kappa shape index (κ1) is 10.5. The zero-order valence-electron chi connectivity index (χ0n) is 8.06. The second kappa shape index (κ2) is 3.67. The highest BCUT2D eigenvalue weighted by atomic mass is 127. The molecule has 1 nitrogen and oxygen atoms in total. The van der Waals surface area contributed by atoms with Crippen LogP contribution in [0.15, 0.2) is 18.2 Å². The molecule has 0 aromatic heterocycles. The highest BCUT2D eigenvalue weighted by Crippen LogP contribution is 2.28. The van der Waals surface area contributed by atoms with E-state index < -0.39 is 0 Å². The first-order chi connectivity index (χ1) is 5.96. The second-order valence-electron chi connectivity index (χ2n) is 4.03. The molecule has 0 atom stereocenters. The highest BCUT2D eigenvalue weighted by Gasteiger charge is 2.18. The van der Waals surface area contributed by atoms with Crippen LogP contribution in [0, 0.1) is 14.9 Å². The number of hydrogen-bond acceptors (Lipinski definition) is 1. The third kappa shape index (κ3) is 2.22. The standard InChI is InChI=1S/C11H12IN/c1-11(2,3)9-6-4-5-8(7-13)10(9)12/h4-6H,1-3H3. The van der Waals surface area contributed by atoms with E-state index in [1.165, 1.54) is 5.56 Å². The summed E-state index contributed by atoms with van der Waals surface area (Å²) >= 11 is 2.24. The van der Waals surface area contributed by atoms with E-state index >= 15 is 0 Å². The van der Waals surface area contributed by atoms with Crippen LogP contribution in [0.1, 0.15) is 31.9 Å². The molecule has 0 aliphatic carbocycles. The summed E-state index contributed by atoms with van der Waals surface area (Å²) in [6, 6.07) is 8.09. The number of halogens is 1. The summed E-state index contributed by atoms with van der Waals surface area (Å²) < 4.78 is 1.08. The average molecular weight is 285 g/mol. The maximum atomic E-state index is 8.85. The minimum atomic E-state index is 0.114. The Labute approximate surface area is 92.9 Å². The van der Waals surface area contributed by atoms with Crippen LogP contribution in [-0.4, -0.2) is 0 Å². The van der Waals surface area contributed by atoms with Crippen LogP contribution in [0.25, 0.3) is 0 Å². The molecule has 0 spiro atoms. The predicted molar refractivity (Wildman–Crippen MR) is 62.6 cm³/mol. The summed E-state index contributed by atoms with van der Waals surface area (Å²) in [7, 11) is 0. The topological polar surface area (TPSA) is 23.8 Å². The first-order valence-electron chi connectivity index (χ1n) is 4.16. The highest BCUT2D eigenvalue weighted by molar-refractivity contribution is 14.1. The van der Waals surface area contributed by atoms with Crippen molar-refractivity contribution in [3.63, 3.8) is 0 Å². The normalized spacial score (nSPS) is 11.0. The number of rotatable bonds is 0. The molecule has 0 N–H and O–H groups in total. The molecule has 0 amide bonds. The van der Waals surface area contributed by atoms with Crippen molar-refractivity contribution < 1.29 is 0 Å². The maximum absolute atomic E-state index is 8.85. The van der Waals surface area contributed by atoms with E-state index in [0.29, 0.717) is 0 Å². The lowest BCUT2D eigenvalue weighted by atomic mass is 9.86. The van der Waals surface area contributed by atoms with Crippen molar-refractivity contribution in [3.05, 3.63) is 32.9 Å². The van der Waals surface area contributed by atoms with Crippen LogP contribution in [0.5, 0.6) is 0 Å². The summed E-state index contributed by atoms with van der Waals surface area (Å²) in [4.78, 5) is 0. The number of nitriles is 1. The molecule has 0 bridgehead atoms. The molecule has 0 fully saturated rings. The van der Waals surface area contributed by atoms with Gasteiger partial charge in [0.25, 0.3) is 0 Å². The molecule has 1 rings (SSSR count). The van der Waals surface area contributed by atoms with Crippen molar-refractivity contribution in [2.45, 2.75) is 26.2 Å². The van der Waals surface area contributed by atoms with Crippen molar-refractivity contribution in [2.24, 2.45) is 0 Å². The quantitative estimate of drug-likeness (QED) is 0.670. The summed E-state index contributed by atoms with van der Waals surface area (Å²) in [5.41, 5.74) is 2.13. The van der Waals surface area contributed by atoms with Crippen LogP contribution in [0.4, 0.5) is 0 Å². The van der Waals surface area contributed by atoms with Gasteiger partial charge in [0, 0.05) is 3.57 Å². The van der Waals surface area contributed by atoms with Crippen molar-refractivity contribution in [3.8, 4) is 6.07 Å². The number of nitrogens with zero attached hydrogens (tertiary/aromatic N) is 1. The van der Waals surface area contributed by atoms with Gasteiger partial charge in [0.1, 0.15) is 6.07 Å². The van der Waals surface area contributed by atoms with Gasteiger partial charge in [-0.05, 0) is 39.6 Å². The van der Waals surface area contributed by atoms with Gasteiger partial charge >= 0.3 is 0 Å². The SMILES string of the molecule is CC(C)(C)c1cccc(C#N)c1I. The van der Waals surface area contributed by atoms with Gasteiger partial charge in [0.05, 0.1) is 5.56 Å². The lowest BCUT2D eigenvalue weighted by molar-refractivity contribution is 0.586. The minimum Gasteiger partial charge on any atom is -0.192 e. The van der Waals surface area contributed by atoms with Gasteiger partial charge in [-0.3, -0.25) is 0 Å². The van der Waals surface area contributed by atoms with Crippen molar-refractivity contribution >= 4 is 22.6 Å². The molecule has 0 radical (unpaired) electrons. The summed E-state index contributed by atoms with van der Waals surface area (Å²) in [6.07, 6.45) is 0. The van der Waals surface area contributed by atoms with Gasteiger partial charge in [0.15, 0.2) is 0 Å². The van der Waals surface area contributed by atoms with Crippen LogP contribution >= 0.6 is 22.6 Å². The third-order valence-electron chi connectivity index (χ3n) is 1.93. The molecule has 0 saturated heterocycles. The zero-order valence-corrected chi connectivity index (χ0v) is 10.2. The Bertz CT molecular complexity index is 355. The van der Waals surface area contributed by atoms with Gasteiger partial charge in [0.2, 0.25) is 0 Å². The monoisotopic (exact) mass is 285 g/mol. The third-order valence-corrected chi connectivity index (χ3v) is 3.09. The summed E-state index contributed by atoms with van der Waals surface area (Å²) in [6.45, 7) is 6.48. The Balaban J connectivity index is 3.34. The first-order valence-corrected chi connectivity index (χ1v) is 5.24. The molecule has 0 unspecified atom stereocenters. The van der Waals surface area contributed by atoms with Gasteiger partial charge in [-0.25, -0.2) is 0 Å². The lowest BCUT2D eigenvalue weighted by Crippen LogP contribution is -2.13. The van der Waals surface area contributed by atoms with E-state index in [1.807, 2.05) is 12.1 Å². The fraction of sp³-hybridized carbons (Fsp3) is 0.364. The van der Waals surface area contributed by atoms with Gasteiger partial charge in [-0.1, -0.05) is 32.9 Å². The van der Waals surface area contributed by atoms with Crippen LogP contribution in [-0.2, 0) is 5.41 Å². The molecular formula is C11H12IN. The average Bonchev–Trinajstić information content (AvgIpc) is 2.02. The molecule has 0 aliphatic heterocycles. The van der Waals surface area contributed by atoms with E-state index in [9.17, 15) is 0 Å². The van der Waals surface area contributed by atoms with E-state index in [2.05, 4.69) is 55.5 Å². The lowest BCUT2D eigenvalue weighted by Gasteiger charge is -2.21. The predicted octanol–water partition coefficient (Wildman–Crippen LogP) is 3.46. The smallest absolute Gasteiger partial charge is 0.100 e. The van der Waals surface area contributed by atoms with E-state index in [-0.39, 0.29) is 5.41 Å². The van der Waals surface area contributed by atoms with Crippen LogP contribution < -0.4 is 0 Å². The summed E-state index contributed by atoms with van der Waals surface area (Å²) in [5, 5.41) is 8.85. The van der Waals surface area contributed by atoms with E-state index in [1.54, 1.807) is 0 Å². The van der Waals surface area contributed by atoms with Crippen molar-refractivity contribution in [1.29, 1.82) is 5.26 Å². The fourth-order valence-electron chi connectivity index (χ4n) is 1.20. The molecule has 68 valence electrons. The van der Waals surface area contributed by atoms with Crippen LogP contribution in [0.2, 0.25) is 0 Å². The number of hydrogen-bond donors (Lipinski definition) is 0. The molecule has 0 aliphatic rings. The Morgan fingerprint density at radius 1 is 1.31 bits per heavy atom. The Morgan fingerprint density at radius 3 is 2.38 bits per heavy atom. The molecule has 0 saturated carbocycles. The van der Waals surface area contributed by atoms with Gasteiger partial charge in [-0.15, -0.1) is 0 Å². The molecule has 0 heterocycles. The van der Waals surface area contributed by atoms with E-state index in [0.717, 1.165) is 9.13 Å². The minimum absolute atomic E-state index is 0.114. The Kier molecular flexibility index (Phi) is 2.97. The molecule has 13 heavy (non-hydrogen) atoms. The van der Waals surface area contributed by atoms with Crippen LogP contribution in [0.3, 0.4) is 0 Å². The fourth-order valence-corrected chi connectivity index (χ4v) is 2.49. The molecule has 1 aromatic carbocycles.